The summed E-state index contributed by atoms with van der Waals surface area (Å²) in [7, 11) is -2.18. The number of halogens is 4. The third-order valence-corrected chi connectivity index (χ3v) is 4.24. The molecule has 0 spiro atoms. The van der Waals surface area contributed by atoms with Gasteiger partial charge in [0.15, 0.2) is 11.5 Å². The summed E-state index contributed by atoms with van der Waals surface area (Å²) in [6.07, 6.45) is 0. The summed E-state index contributed by atoms with van der Waals surface area (Å²) < 4.78 is 78.8. The standard InChI is InChI=1S/C11H12BrF3O6S/c1-18-5-6-4-7(19-2)9(10(20-3)8(6)12)21-22(16,17)11(13,14)15/h4H,5H2,1-3H3. The monoisotopic (exact) mass is 408 g/mol. The van der Waals surface area contributed by atoms with E-state index in [0.29, 0.717) is 5.56 Å². The second-order valence-electron chi connectivity index (χ2n) is 3.83. The van der Waals surface area contributed by atoms with Gasteiger partial charge in [0, 0.05) is 7.11 Å². The number of alkyl halides is 3. The lowest BCUT2D eigenvalue weighted by atomic mass is 10.2. The van der Waals surface area contributed by atoms with Crippen molar-refractivity contribution in [3.05, 3.63) is 16.1 Å². The molecule has 0 heterocycles. The van der Waals surface area contributed by atoms with E-state index in [2.05, 4.69) is 20.1 Å². The molecular weight excluding hydrogens is 397 g/mol. The summed E-state index contributed by atoms with van der Waals surface area (Å²) in [5.74, 6) is -1.23. The van der Waals surface area contributed by atoms with Crippen LogP contribution in [0.2, 0.25) is 0 Å². The first-order valence-corrected chi connectivity index (χ1v) is 7.72. The van der Waals surface area contributed by atoms with Crippen molar-refractivity contribution in [2.45, 2.75) is 12.1 Å². The Morgan fingerprint density at radius 3 is 2.14 bits per heavy atom. The average Bonchev–Trinajstić information content (AvgIpc) is 2.40. The molecule has 0 aromatic heterocycles. The number of rotatable bonds is 6. The van der Waals surface area contributed by atoms with Crippen LogP contribution < -0.4 is 13.7 Å². The van der Waals surface area contributed by atoms with E-state index in [1.807, 2.05) is 0 Å². The SMILES string of the molecule is COCc1cc(OC)c(OS(=O)(=O)C(F)(F)F)c(OC)c1Br. The van der Waals surface area contributed by atoms with Gasteiger partial charge in [-0.3, -0.25) is 0 Å². The molecule has 0 amide bonds. The molecule has 0 bridgehead atoms. The van der Waals surface area contributed by atoms with E-state index < -0.39 is 21.4 Å². The molecule has 0 saturated carbocycles. The molecule has 1 aromatic rings. The number of hydrogen-bond donors (Lipinski definition) is 0. The third-order valence-electron chi connectivity index (χ3n) is 2.42. The van der Waals surface area contributed by atoms with Crippen LogP contribution in [-0.2, 0) is 21.5 Å². The van der Waals surface area contributed by atoms with Crippen molar-refractivity contribution in [1.29, 1.82) is 0 Å². The topological polar surface area (TPSA) is 71.1 Å². The molecule has 6 nitrogen and oxygen atoms in total. The zero-order valence-electron chi connectivity index (χ0n) is 11.7. The van der Waals surface area contributed by atoms with Gasteiger partial charge in [0.1, 0.15) is 0 Å². The minimum absolute atomic E-state index is 0.0829. The first-order valence-electron chi connectivity index (χ1n) is 5.52. The normalized spacial score (nSPS) is 12.1. The molecule has 0 radical (unpaired) electrons. The van der Waals surface area contributed by atoms with E-state index in [4.69, 9.17) is 14.2 Å². The smallest absolute Gasteiger partial charge is 0.493 e. The molecule has 0 fully saturated rings. The lowest BCUT2D eigenvalue weighted by molar-refractivity contribution is -0.0501. The van der Waals surface area contributed by atoms with Crippen molar-refractivity contribution in [2.75, 3.05) is 21.3 Å². The molecule has 0 aliphatic carbocycles. The van der Waals surface area contributed by atoms with Crippen LogP contribution in [0.3, 0.4) is 0 Å². The van der Waals surface area contributed by atoms with Crippen molar-refractivity contribution >= 4 is 26.0 Å². The molecule has 0 aliphatic rings. The Hall–Kier alpha value is -1.20. The predicted octanol–water partition coefficient (Wildman–Crippen LogP) is 2.84. The highest BCUT2D eigenvalue weighted by Gasteiger charge is 2.49. The Labute approximate surface area is 133 Å². The molecule has 0 aliphatic heterocycles. The van der Waals surface area contributed by atoms with E-state index in [9.17, 15) is 21.6 Å². The van der Waals surface area contributed by atoms with Crippen molar-refractivity contribution in [3.8, 4) is 17.2 Å². The van der Waals surface area contributed by atoms with Crippen LogP contribution in [0.4, 0.5) is 13.2 Å². The van der Waals surface area contributed by atoms with Crippen LogP contribution in [0.5, 0.6) is 17.2 Å². The van der Waals surface area contributed by atoms with E-state index in [1.165, 1.54) is 13.2 Å². The van der Waals surface area contributed by atoms with E-state index >= 15 is 0 Å². The van der Waals surface area contributed by atoms with Crippen molar-refractivity contribution in [3.63, 3.8) is 0 Å². The van der Waals surface area contributed by atoms with E-state index in [0.717, 1.165) is 14.2 Å². The van der Waals surface area contributed by atoms with Gasteiger partial charge in [-0.05, 0) is 27.6 Å². The Kier molecular flexibility index (Phi) is 5.93. The maximum atomic E-state index is 12.5. The van der Waals surface area contributed by atoms with Gasteiger partial charge in [0.2, 0.25) is 5.75 Å². The second-order valence-corrected chi connectivity index (χ2v) is 6.16. The van der Waals surface area contributed by atoms with E-state index in [-0.39, 0.29) is 22.6 Å². The first kappa shape index (κ1) is 18.8. The Morgan fingerprint density at radius 2 is 1.73 bits per heavy atom. The van der Waals surface area contributed by atoms with Crippen molar-refractivity contribution in [2.24, 2.45) is 0 Å². The largest absolute Gasteiger partial charge is 0.534 e. The van der Waals surface area contributed by atoms with Crippen molar-refractivity contribution < 1.29 is 40.0 Å². The quantitative estimate of drug-likeness (QED) is 0.532. The summed E-state index contributed by atoms with van der Waals surface area (Å²) in [4.78, 5) is 0. The molecule has 11 heteroatoms. The molecule has 0 saturated heterocycles. The van der Waals surface area contributed by atoms with Crippen LogP contribution in [0.15, 0.2) is 10.5 Å². The maximum absolute atomic E-state index is 12.5. The fraction of sp³-hybridized carbons (Fsp3) is 0.455. The van der Waals surface area contributed by atoms with Gasteiger partial charge in [-0.15, -0.1) is 0 Å². The van der Waals surface area contributed by atoms with Crippen LogP contribution in [-0.4, -0.2) is 35.3 Å². The number of benzene rings is 1. The number of ether oxygens (including phenoxy) is 3. The summed E-state index contributed by atoms with van der Waals surface area (Å²) in [5, 5.41) is 0. The Balaban J connectivity index is 3.50. The molecular formula is C11H12BrF3O6S. The molecule has 1 rings (SSSR count). The number of methoxy groups -OCH3 is 3. The summed E-state index contributed by atoms with van der Waals surface area (Å²) in [6, 6.07) is 1.28. The van der Waals surface area contributed by atoms with Gasteiger partial charge in [-0.2, -0.15) is 21.6 Å². The number of hydrogen-bond acceptors (Lipinski definition) is 6. The van der Waals surface area contributed by atoms with Crippen molar-refractivity contribution in [1.82, 2.24) is 0 Å². The lowest BCUT2D eigenvalue weighted by Crippen LogP contribution is -2.28. The van der Waals surface area contributed by atoms with Gasteiger partial charge in [-0.25, -0.2) is 0 Å². The fourth-order valence-electron chi connectivity index (χ4n) is 1.47. The first-order chi connectivity index (χ1) is 10.1. The lowest BCUT2D eigenvalue weighted by Gasteiger charge is -2.18. The zero-order chi connectivity index (χ0) is 17.1. The second kappa shape index (κ2) is 6.92. The predicted molar refractivity (Wildman–Crippen MR) is 73.6 cm³/mol. The average molecular weight is 409 g/mol. The zero-order valence-corrected chi connectivity index (χ0v) is 14.1. The molecule has 1 aromatic carbocycles. The summed E-state index contributed by atoms with van der Waals surface area (Å²) >= 11 is 3.10. The third kappa shape index (κ3) is 3.76. The summed E-state index contributed by atoms with van der Waals surface area (Å²) in [5.41, 5.74) is -5.12. The molecule has 22 heavy (non-hydrogen) atoms. The molecule has 0 N–H and O–H groups in total. The van der Waals surface area contributed by atoms with E-state index in [1.54, 1.807) is 0 Å². The minimum Gasteiger partial charge on any atom is -0.493 e. The van der Waals surface area contributed by atoms with Crippen LogP contribution in [0, 0.1) is 0 Å². The van der Waals surface area contributed by atoms with Gasteiger partial charge in [0.25, 0.3) is 0 Å². The highest BCUT2D eigenvalue weighted by Crippen LogP contribution is 2.46. The highest BCUT2D eigenvalue weighted by molar-refractivity contribution is 9.10. The highest BCUT2D eigenvalue weighted by atomic mass is 79.9. The maximum Gasteiger partial charge on any atom is 0.534 e. The molecule has 0 atom stereocenters. The van der Waals surface area contributed by atoms with Gasteiger partial charge >= 0.3 is 15.6 Å². The van der Waals surface area contributed by atoms with Crippen LogP contribution >= 0.6 is 15.9 Å². The van der Waals surface area contributed by atoms with Gasteiger partial charge in [0.05, 0.1) is 25.3 Å². The fourth-order valence-corrected chi connectivity index (χ4v) is 2.52. The van der Waals surface area contributed by atoms with Gasteiger partial charge < -0.3 is 18.4 Å². The molecule has 0 unspecified atom stereocenters. The Morgan fingerprint density at radius 1 is 1.14 bits per heavy atom. The Bertz CT molecular complexity index is 644. The minimum atomic E-state index is -5.87. The van der Waals surface area contributed by atoms with Gasteiger partial charge in [-0.1, -0.05) is 0 Å². The summed E-state index contributed by atoms with van der Waals surface area (Å²) in [6.45, 7) is 0.0829. The molecule has 126 valence electrons. The van der Waals surface area contributed by atoms with Crippen LogP contribution in [0.1, 0.15) is 5.56 Å². The van der Waals surface area contributed by atoms with Crippen LogP contribution in [0.25, 0.3) is 0 Å².